The van der Waals surface area contributed by atoms with Crippen LogP contribution in [-0.4, -0.2) is 54.3 Å². The summed E-state index contributed by atoms with van der Waals surface area (Å²) in [6.07, 6.45) is 3.35. The van der Waals surface area contributed by atoms with Crippen LogP contribution in [0.5, 0.6) is 0 Å². The highest BCUT2D eigenvalue weighted by molar-refractivity contribution is 6.20. The Hall–Kier alpha value is -7.20. The summed E-state index contributed by atoms with van der Waals surface area (Å²) in [6, 6.07) is 29.5. The van der Waals surface area contributed by atoms with E-state index >= 15 is 0 Å². The van der Waals surface area contributed by atoms with Crippen LogP contribution in [0, 0.1) is 0 Å². The molecule has 10 nitrogen and oxygen atoms in total. The van der Waals surface area contributed by atoms with Gasteiger partial charge in [-0.2, -0.15) is 0 Å². The second-order valence-electron chi connectivity index (χ2n) is 11.5. The van der Waals surface area contributed by atoms with Crippen molar-refractivity contribution in [3.63, 3.8) is 0 Å². The average molecular weight is 661 g/mol. The number of carbonyl (C=O) groups is 4. The molecule has 2 aromatic heterocycles. The van der Waals surface area contributed by atoms with Crippen LogP contribution in [-0.2, 0) is 0 Å². The van der Waals surface area contributed by atoms with Crippen molar-refractivity contribution in [2.24, 2.45) is 0 Å². The lowest BCUT2D eigenvalue weighted by Gasteiger charge is -2.19. The molecule has 5 aromatic carbocycles. The fourth-order valence-corrected chi connectivity index (χ4v) is 6.04. The van der Waals surface area contributed by atoms with E-state index in [1.54, 1.807) is 60.9 Å². The Balaban J connectivity index is 1.58. The minimum absolute atomic E-state index is 0.0947. The number of carboxylic acids is 4. The molecule has 0 aliphatic carbocycles. The molecular weight excluding hydrogens is 636 g/mol. The first-order chi connectivity index (χ1) is 24.1. The molecule has 4 N–H and O–H groups in total. The molecule has 2 heterocycles. The molecule has 0 aliphatic heterocycles. The van der Waals surface area contributed by atoms with Crippen LogP contribution in [0.2, 0.25) is 0 Å². The number of hydrogen-bond donors (Lipinski definition) is 4. The number of rotatable bonds is 8. The predicted octanol–water partition coefficient (Wildman–Crippen LogP) is 8.24. The molecule has 7 rings (SSSR count). The van der Waals surface area contributed by atoms with Crippen molar-refractivity contribution in [1.29, 1.82) is 0 Å². The minimum Gasteiger partial charge on any atom is -0.478 e. The second kappa shape index (κ2) is 12.4. The van der Waals surface area contributed by atoms with E-state index in [1.165, 1.54) is 48.5 Å². The maximum Gasteiger partial charge on any atom is 0.335 e. The fraction of sp³-hybridized carbons (Fsp3) is 0. The summed E-state index contributed by atoms with van der Waals surface area (Å²) in [5.41, 5.74) is 7.07. The maximum absolute atomic E-state index is 11.8. The molecule has 7 aromatic rings. The van der Waals surface area contributed by atoms with Gasteiger partial charge in [0.15, 0.2) is 0 Å². The highest BCUT2D eigenvalue weighted by Gasteiger charge is 2.22. The first kappa shape index (κ1) is 31.4. The van der Waals surface area contributed by atoms with E-state index in [-0.39, 0.29) is 22.3 Å². The molecule has 0 amide bonds. The Kier molecular flexibility index (Phi) is 7.81. The lowest BCUT2D eigenvalue weighted by molar-refractivity contribution is 0.0686. The molecule has 0 fully saturated rings. The number of nitrogens with zero attached hydrogens (tertiary/aromatic N) is 2. The molecule has 0 saturated heterocycles. The van der Waals surface area contributed by atoms with Crippen molar-refractivity contribution < 1.29 is 39.6 Å². The summed E-state index contributed by atoms with van der Waals surface area (Å²) in [7, 11) is 0. The fourth-order valence-electron chi connectivity index (χ4n) is 6.04. The molecule has 0 aliphatic rings. The largest absolute Gasteiger partial charge is 0.478 e. The number of fused-ring (bicyclic) bond motifs is 3. The normalized spacial score (nSPS) is 11.0. The van der Waals surface area contributed by atoms with E-state index < -0.39 is 23.9 Å². The van der Waals surface area contributed by atoms with Crippen LogP contribution >= 0.6 is 0 Å². The van der Waals surface area contributed by atoms with E-state index in [1.807, 2.05) is 12.1 Å². The lowest BCUT2D eigenvalue weighted by atomic mass is 9.86. The van der Waals surface area contributed by atoms with Gasteiger partial charge in [-0.15, -0.1) is 0 Å². The molecule has 242 valence electrons. The third-order valence-corrected chi connectivity index (χ3v) is 8.56. The molecule has 0 atom stereocenters. The smallest absolute Gasteiger partial charge is 0.335 e. The van der Waals surface area contributed by atoms with Crippen molar-refractivity contribution in [1.82, 2.24) is 9.97 Å². The van der Waals surface area contributed by atoms with Gasteiger partial charge in [-0.05, 0) is 94.0 Å². The standard InChI is InChI=1S/C40H24N2O8/c43-37(44)25-9-1-21(2-10-25)29-17-31-33(23-5-13-27(14-6-23)39(47)48)34(24-7-15-28(16-8-24)40(49)50)32-18-30(20-42-36(32)35(31)41-19-29)22-3-11-26(12-4-22)38(45)46/h1-20H,(H,43,44)(H,45,46)(H,47,48)(H,49,50). The van der Waals surface area contributed by atoms with Gasteiger partial charge < -0.3 is 20.4 Å². The molecular formula is C40H24N2O8. The third-order valence-electron chi connectivity index (χ3n) is 8.56. The first-order valence-electron chi connectivity index (χ1n) is 15.2. The molecule has 0 radical (unpaired) electrons. The van der Waals surface area contributed by atoms with Crippen molar-refractivity contribution in [2.45, 2.75) is 0 Å². The van der Waals surface area contributed by atoms with Gasteiger partial charge in [-0.25, -0.2) is 19.2 Å². The summed E-state index contributed by atoms with van der Waals surface area (Å²) >= 11 is 0. The van der Waals surface area contributed by atoms with Gasteiger partial charge in [0.25, 0.3) is 0 Å². The van der Waals surface area contributed by atoms with Crippen molar-refractivity contribution in [3.05, 3.63) is 144 Å². The lowest BCUT2D eigenvalue weighted by Crippen LogP contribution is -1.99. The number of pyridine rings is 2. The van der Waals surface area contributed by atoms with E-state index in [9.17, 15) is 39.6 Å². The summed E-state index contributed by atoms with van der Waals surface area (Å²) in [5, 5.41) is 39.4. The first-order valence-corrected chi connectivity index (χ1v) is 15.2. The van der Waals surface area contributed by atoms with Gasteiger partial charge in [0, 0.05) is 34.3 Å². The zero-order chi connectivity index (χ0) is 35.1. The van der Waals surface area contributed by atoms with Crippen LogP contribution in [0.4, 0.5) is 0 Å². The maximum atomic E-state index is 11.8. The van der Waals surface area contributed by atoms with E-state index in [2.05, 4.69) is 0 Å². The Morgan fingerprint density at radius 2 is 0.620 bits per heavy atom. The monoisotopic (exact) mass is 660 g/mol. The summed E-state index contributed by atoms with van der Waals surface area (Å²) in [6.45, 7) is 0. The van der Waals surface area contributed by atoms with Crippen molar-refractivity contribution in [2.75, 3.05) is 0 Å². The molecule has 10 heteroatoms. The zero-order valence-electron chi connectivity index (χ0n) is 25.9. The minimum atomic E-state index is -1.08. The van der Waals surface area contributed by atoms with Crippen molar-refractivity contribution in [3.8, 4) is 44.5 Å². The van der Waals surface area contributed by atoms with Gasteiger partial charge in [0.1, 0.15) is 0 Å². The van der Waals surface area contributed by atoms with E-state index in [0.717, 1.165) is 11.1 Å². The van der Waals surface area contributed by atoms with Gasteiger partial charge in [-0.1, -0.05) is 48.5 Å². The SMILES string of the molecule is O=C(O)c1ccc(-c2cnc3c(c2)c(-c2ccc(C(=O)O)cc2)c(-c2ccc(C(=O)O)cc2)c2cc(-c4ccc(C(=O)O)cc4)cnc23)cc1. The van der Waals surface area contributed by atoms with E-state index in [0.29, 0.717) is 55.2 Å². The topological polar surface area (TPSA) is 175 Å². The Labute approximate surface area is 283 Å². The molecule has 0 unspecified atom stereocenters. The van der Waals surface area contributed by atoms with Gasteiger partial charge in [0.2, 0.25) is 0 Å². The Morgan fingerprint density at radius 3 is 0.880 bits per heavy atom. The number of hydrogen-bond acceptors (Lipinski definition) is 6. The quantitative estimate of drug-likeness (QED) is 0.116. The molecule has 50 heavy (non-hydrogen) atoms. The summed E-state index contributed by atoms with van der Waals surface area (Å²) in [4.78, 5) is 56.3. The van der Waals surface area contributed by atoms with Crippen molar-refractivity contribution >= 4 is 45.7 Å². The van der Waals surface area contributed by atoms with E-state index in [4.69, 9.17) is 9.97 Å². The number of aromatic nitrogens is 2. The number of aromatic carboxylic acids is 4. The van der Waals surface area contributed by atoms with Gasteiger partial charge in [-0.3, -0.25) is 9.97 Å². The summed E-state index contributed by atoms with van der Waals surface area (Å²) in [5.74, 6) is -4.26. The second-order valence-corrected chi connectivity index (χ2v) is 11.5. The molecule has 0 bridgehead atoms. The van der Waals surface area contributed by atoms with Crippen LogP contribution in [0.25, 0.3) is 66.3 Å². The Bertz CT molecular complexity index is 2330. The number of benzene rings is 5. The average Bonchev–Trinajstić information content (AvgIpc) is 3.14. The highest BCUT2D eigenvalue weighted by Crippen LogP contribution is 2.45. The third kappa shape index (κ3) is 5.67. The number of carboxylic acid groups (broad SMARTS) is 4. The summed E-state index contributed by atoms with van der Waals surface area (Å²) < 4.78 is 0. The zero-order valence-corrected chi connectivity index (χ0v) is 25.9. The van der Waals surface area contributed by atoms with Crippen LogP contribution < -0.4 is 0 Å². The predicted molar refractivity (Wildman–Crippen MR) is 187 cm³/mol. The van der Waals surface area contributed by atoms with Gasteiger partial charge in [0.05, 0.1) is 33.3 Å². The van der Waals surface area contributed by atoms with Crippen LogP contribution in [0.3, 0.4) is 0 Å². The molecule has 0 saturated carbocycles. The molecule has 0 spiro atoms. The van der Waals surface area contributed by atoms with Crippen LogP contribution in [0.15, 0.2) is 122 Å². The highest BCUT2D eigenvalue weighted by atomic mass is 16.4. The van der Waals surface area contributed by atoms with Crippen LogP contribution in [0.1, 0.15) is 41.4 Å². The van der Waals surface area contributed by atoms with Gasteiger partial charge >= 0.3 is 23.9 Å². The Morgan fingerprint density at radius 1 is 0.360 bits per heavy atom.